The average Bonchev–Trinajstić information content (AvgIpc) is 2.67. The summed E-state index contributed by atoms with van der Waals surface area (Å²) in [6.07, 6.45) is 3.57. The van der Waals surface area contributed by atoms with Crippen molar-refractivity contribution in [1.29, 1.82) is 0 Å². The van der Waals surface area contributed by atoms with E-state index in [2.05, 4.69) is 49.8 Å². The third-order valence-corrected chi connectivity index (χ3v) is 5.05. The first kappa shape index (κ1) is 19.6. The van der Waals surface area contributed by atoms with E-state index in [9.17, 15) is 4.79 Å². The fraction of sp³-hybridized carbons (Fsp3) is 0.450. The van der Waals surface area contributed by atoms with Gasteiger partial charge in [-0.3, -0.25) is 9.69 Å². The van der Waals surface area contributed by atoms with Gasteiger partial charge < -0.3 is 10.6 Å². The molecule has 6 nitrogen and oxygen atoms in total. The van der Waals surface area contributed by atoms with E-state index >= 15 is 0 Å². The lowest BCUT2D eigenvalue weighted by Gasteiger charge is -2.33. The molecule has 2 heterocycles. The number of piperidine rings is 1. The molecule has 1 aliphatic rings. The summed E-state index contributed by atoms with van der Waals surface area (Å²) < 4.78 is 0. The Morgan fingerprint density at radius 2 is 2.00 bits per heavy atom. The molecule has 1 unspecified atom stereocenters. The minimum absolute atomic E-state index is 0.0226. The molecular weight excluding hydrogens is 362 g/mol. The minimum Gasteiger partial charge on any atom is -0.358 e. The third kappa shape index (κ3) is 5.65. The Hall–Kier alpha value is -2.18. The summed E-state index contributed by atoms with van der Waals surface area (Å²) in [5.41, 5.74) is 2.19. The number of carbonyl (C=O) groups is 1. The van der Waals surface area contributed by atoms with Crippen LogP contribution in [0.4, 0.5) is 5.82 Å². The normalized spacial score (nSPS) is 16.7. The number of aryl methyl sites for hydroxylation is 1. The second kappa shape index (κ2) is 9.15. The number of carbonyl (C=O) groups excluding carboxylic acids is 1. The number of anilines is 1. The van der Waals surface area contributed by atoms with Crippen LogP contribution in [-0.2, 0) is 11.3 Å². The quantitative estimate of drug-likeness (QED) is 0.745. The van der Waals surface area contributed by atoms with Gasteiger partial charge in [0, 0.05) is 37.4 Å². The van der Waals surface area contributed by atoms with E-state index in [1.165, 1.54) is 5.56 Å². The molecule has 1 fully saturated rings. The van der Waals surface area contributed by atoms with Crippen LogP contribution >= 0.6 is 11.6 Å². The first-order valence-electron chi connectivity index (χ1n) is 9.33. The smallest absolute Gasteiger partial charge is 0.242 e. The number of nitrogens with one attached hydrogen (secondary N) is 2. The van der Waals surface area contributed by atoms with Gasteiger partial charge in [-0.05, 0) is 43.9 Å². The van der Waals surface area contributed by atoms with E-state index < -0.39 is 6.04 Å². The van der Waals surface area contributed by atoms with Crippen LogP contribution in [0.25, 0.3) is 0 Å². The monoisotopic (exact) mass is 387 g/mol. The maximum absolute atomic E-state index is 12.5. The number of likely N-dealkylation sites (tertiary alicyclic amines) is 1. The van der Waals surface area contributed by atoms with Gasteiger partial charge in [-0.1, -0.05) is 30.3 Å². The third-order valence-electron chi connectivity index (χ3n) is 4.87. The molecule has 0 spiro atoms. The van der Waals surface area contributed by atoms with Crippen molar-refractivity contribution >= 4 is 23.3 Å². The summed E-state index contributed by atoms with van der Waals surface area (Å²) in [6, 6.07) is 10.3. The Morgan fingerprint density at radius 3 is 2.70 bits per heavy atom. The largest absolute Gasteiger partial charge is 0.358 e. The molecule has 2 N–H and O–H groups in total. The van der Waals surface area contributed by atoms with Gasteiger partial charge >= 0.3 is 0 Å². The predicted molar refractivity (Wildman–Crippen MR) is 108 cm³/mol. The van der Waals surface area contributed by atoms with E-state index in [1.807, 2.05) is 19.9 Å². The van der Waals surface area contributed by atoms with Crippen LogP contribution < -0.4 is 10.6 Å². The van der Waals surface area contributed by atoms with Gasteiger partial charge in [-0.15, -0.1) is 0 Å². The molecular formula is C20H26ClN5O. The number of rotatable bonds is 6. The lowest BCUT2D eigenvalue weighted by Crippen LogP contribution is -2.48. The molecule has 2 aromatic rings. The standard InChI is InChI=1S/C20H26ClN5O/c1-14-12-22-20(21)25-18(14)23-15(2)19(27)24-17-8-10-26(11-9-17)13-16-6-4-3-5-7-16/h3-7,12,15,17H,8-11,13H2,1-2H3,(H,24,27)(H,22,23,25). The van der Waals surface area contributed by atoms with Crippen molar-refractivity contribution < 1.29 is 4.79 Å². The van der Waals surface area contributed by atoms with E-state index in [0.29, 0.717) is 5.82 Å². The van der Waals surface area contributed by atoms with Crippen LogP contribution in [0.2, 0.25) is 5.28 Å². The van der Waals surface area contributed by atoms with Crippen LogP contribution in [0, 0.1) is 6.92 Å². The highest BCUT2D eigenvalue weighted by molar-refractivity contribution is 6.28. The lowest BCUT2D eigenvalue weighted by atomic mass is 10.0. The minimum atomic E-state index is -0.392. The van der Waals surface area contributed by atoms with Crippen molar-refractivity contribution in [1.82, 2.24) is 20.2 Å². The zero-order chi connectivity index (χ0) is 19.2. The summed E-state index contributed by atoms with van der Waals surface area (Å²) >= 11 is 5.84. The van der Waals surface area contributed by atoms with Crippen molar-refractivity contribution in [2.75, 3.05) is 18.4 Å². The molecule has 1 amide bonds. The van der Waals surface area contributed by atoms with Crippen molar-refractivity contribution in [3.63, 3.8) is 0 Å². The van der Waals surface area contributed by atoms with E-state index in [0.717, 1.165) is 38.0 Å². The zero-order valence-electron chi connectivity index (χ0n) is 15.8. The molecule has 1 saturated heterocycles. The number of benzene rings is 1. The Kier molecular flexibility index (Phi) is 6.63. The molecule has 0 aliphatic carbocycles. The van der Waals surface area contributed by atoms with Crippen LogP contribution in [0.15, 0.2) is 36.5 Å². The summed E-state index contributed by atoms with van der Waals surface area (Å²) in [5.74, 6) is 0.570. The molecule has 1 aromatic carbocycles. The number of hydrogen-bond acceptors (Lipinski definition) is 5. The maximum Gasteiger partial charge on any atom is 0.242 e. The first-order chi connectivity index (χ1) is 13.0. The fourth-order valence-corrected chi connectivity index (χ4v) is 3.37. The highest BCUT2D eigenvalue weighted by Gasteiger charge is 2.23. The Bertz CT molecular complexity index is 762. The van der Waals surface area contributed by atoms with Gasteiger partial charge in [0.25, 0.3) is 0 Å². The Balaban J connectivity index is 1.45. The van der Waals surface area contributed by atoms with Gasteiger partial charge in [0.15, 0.2) is 0 Å². The summed E-state index contributed by atoms with van der Waals surface area (Å²) in [7, 11) is 0. The summed E-state index contributed by atoms with van der Waals surface area (Å²) in [5, 5.41) is 6.44. The molecule has 0 radical (unpaired) electrons. The van der Waals surface area contributed by atoms with E-state index in [4.69, 9.17) is 11.6 Å². The molecule has 3 rings (SSSR count). The van der Waals surface area contributed by atoms with Gasteiger partial charge in [-0.25, -0.2) is 9.97 Å². The predicted octanol–water partition coefficient (Wildman–Crippen LogP) is 3.02. The van der Waals surface area contributed by atoms with E-state index in [-0.39, 0.29) is 17.2 Å². The summed E-state index contributed by atoms with van der Waals surface area (Å²) in [6.45, 7) is 6.65. The molecule has 0 bridgehead atoms. The van der Waals surface area contributed by atoms with Crippen LogP contribution in [0.3, 0.4) is 0 Å². The number of halogens is 1. The number of nitrogens with zero attached hydrogens (tertiary/aromatic N) is 3. The van der Waals surface area contributed by atoms with Crippen LogP contribution in [0.5, 0.6) is 0 Å². The second-order valence-corrected chi connectivity index (χ2v) is 7.42. The number of amides is 1. The first-order valence-corrected chi connectivity index (χ1v) is 9.71. The molecule has 1 aromatic heterocycles. The number of aromatic nitrogens is 2. The van der Waals surface area contributed by atoms with Crippen molar-refractivity contribution in [3.8, 4) is 0 Å². The van der Waals surface area contributed by atoms with Gasteiger partial charge in [0.2, 0.25) is 11.2 Å². The molecule has 144 valence electrons. The average molecular weight is 388 g/mol. The Labute approximate surface area is 165 Å². The molecule has 27 heavy (non-hydrogen) atoms. The van der Waals surface area contributed by atoms with Crippen molar-refractivity contribution in [2.24, 2.45) is 0 Å². The highest BCUT2D eigenvalue weighted by Crippen LogP contribution is 2.16. The zero-order valence-corrected chi connectivity index (χ0v) is 16.5. The summed E-state index contributed by atoms with van der Waals surface area (Å²) in [4.78, 5) is 23.0. The SMILES string of the molecule is Cc1cnc(Cl)nc1NC(C)C(=O)NC1CCN(Cc2ccccc2)CC1. The van der Waals surface area contributed by atoms with Crippen molar-refractivity contribution in [3.05, 3.63) is 52.9 Å². The van der Waals surface area contributed by atoms with Gasteiger partial charge in [0.1, 0.15) is 11.9 Å². The fourth-order valence-electron chi connectivity index (χ4n) is 3.24. The van der Waals surface area contributed by atoms with Crippen molar-refractivity contribution in [2.45, 2.75) is 45.3 Å². The maximum atomic E-state index is 12.5. The Morgan fingerprint density at radius 1 is 1.30 bits per heavy atom. The number of hydrogen-bond donors (Lipinski definition) is 2. The second-order valence-electron chi connectivity index (χ2n) is 7.08. The molecule has 0 saturated carbocycles. The van der Waals surface area contributed by atoms with E-state index in [1.54, 1.807) is 6.20 Å². The lowest BCUT2D eigenvalue weighted by molar-refractivity contribution is -0.122. The van der Waals surface area contributed by atoms with Gasteiger partial charge in [-0.2, -0.15) is 0 Å². The molecule has 7 heteroatoms. The van der Waals surface area contributed by atoms with Crippen LogP contribution in [0.1, 0.15) is 30.9 Å². The molecule has 1 atom stereocenters. The molecule has 1 aliphatic heterocycles. The highest BCUT2D eigenvalue weighted by atomic mass is 35.5. The topological polar surface area (TPSA) is 70.1 Å². The van der Waals surface area contributed by atoms with Gasteiger partial charge in [0.05, 0.1) is 0 Å². The van der Waals surface area contributed by atoms with Crippen LogP contribution in [-0.4, -0.2) is 45.9 Å².